The molecule has 0 radical (unpaired) electrons. The van der Waals surface area contributed by atoms with E-state index in [0.29, 0.717) is 5.92 Å². The van der Waals surface area contributed by atoms with Crippen LogP contribution in [-0.2, 0) is 0 Å². The van der Waals surface area contributed by atoms with E-state index in [4.69, 9.17) is 0 Å². The van der Waals surface area contributed by atoms with Crippen molar-refractivity contribution in [1.29, 1.82) is 0 Å². The van der Waals surface area contributed by atoms with Gasteiger partial charge in [-0.2, -0.15) is 0 Å². The minimum absolute atomic E-state index is 0.399. The van der Waals surface area contributed by atoms with Gasteiger partial charge in [0.15, 0.2) is 0 Å². The number of hydrogen-bond donors (Lipinski definition) is 1. The molecule has 1 nitrogen and oxygen atoms in total. The molecule has 0 aliphatic carbocycles. The standard InChI is InChI=1S/C20H17NS/c1-14(15-7-3-2-4-8-15)16-11-12-20-18(13-16)21-17-9-5-6-10-19(17)22-20/h2-14,21H,1H3. The van der Waals surface area contributed by atoms with E-state index in [1.807, 2.05) is 11.8 Å². The molecular formula is C20H17NS. The van der Waals surface area contributed by atoms with Crippen LogP contribution >= 0.6 is 11.8 Å². The topological polar surface area (TPSA) is 12.0 Å². The van der Waals surface area contributed by atoms with Crippen molar-refractivity contribution in [2.24, 2.45) is 0 Å². The van der Waals surface area contributed by atoms with E-state index in [-0.39, 0.29) is 0 Å². The van der Waals surface area contributed by atoms with Gasteiger partial charge in [0.2, 0.25) is 0 Å². The average molecular weight is 303 g/mol. The molecule has 1 aliphatic rings. The van der Waals surface area contributed by atoms with Crippen LogP contribution in [0.15, 0.2) is 82.6 Å². The van der Waals surface area contributed by atoms with E-state index in [0.717, 1.165) is 0 Å². The summed E-state index contributed by atoms with van der Waals surface area (Å²) >= 11 is 1.84. The molecule has 1 aliphatic heterocycles. The summed E-state index contributed by atoms with van der Waals surface area (Å²) in [4.78, 5) is 2.58. The summed E-state index contributed by atoms with van der Waals surface area (Å²) in [5.41, 5.74) is 5.11. The van der Waals surface area contributed by atoms with Gasteiger partial charge < -0.3 is 5.32 Å². The number of nitrogens with one attached hydrogen (secondary N) is 1. The summed E-state index contributed by atoms with van der Waals surface area (Å²) < 4.78 is 0. The molecule has 1 N–H and O–H groups in total. The van der Waals surface area contributed by atoms with Crippen LogP contribution in [0.1, 0.15) is 24.0 Å². The van der Waals surface area contributed by atoms with E-state index in [2.05, 4.69) is 85.0 Å². The van der Waals surface area contributed by atoms with Crippen LogP contribution in [0.4, 0.5) is 11.4 Å². The largest absolute Gasteiger partial charge is 0.354 e. The Labute approximate surface area is 135 Å². The zero-order chi connectivity index (χ0) is 14.9. The van der Waals surface area contributed by atoms with E-state index >= 15 is 0 Å². The van der Waals surface area contributed by atoms with Gasteiger partial charge in [-0.3, -0.25) is 0 Å². The number of hydrogen-bond acceptors (Lipinski definition) is 2. The predicted molar refractivity (Wildman–Crippen MR) is 94.2 cm³/mol. The maximum atomic E-state index is 3.57. The number of rotatable bonds is 2. The van der Waals surface area contributed by atoms with E-state index in [1.54, 1.807) is 0 Å². The fourth-order valence-electron chi connectivity index (χ4n) is 2.86. The van der Waals surface area contributed by atoms with Crippen molar-refractivity contribution in [1.82, 2.24) is 0 Å². The second-order valence-corrected chi connectivity index (χ2v) is 6.69. The highest BCUT2D eigenvalue weighted by atomic mass is 32.2. The van der Waals surface area contributed by atoms with Gasteiger partial charge in [-0.25, -0.2) is 0 Å². The molecule has 4 rings (SSSR count). The minimum atomic E-state index is 0.399. The molecule has 0 saturated carbocycles. The Morgan fingerprint density at radius 3 is 2.32 bits per heavy atom. The minimum Gasteiger partial charge on any atom is -0.354 e. The summed E-state index contributed by atoms with van der Waals surface area (Å²) in [5.74, 6) is 0.399. The Hall–Kier alpha value is -2.19. The maximum absolute atomic E-state index is 3.57. The Morgan fingerprint density at radius 2 is 1.45 bits per heavy atom. The average Bonchev–Trinajstić information content (AvgIpc) is 2.59. The lowest BCUT2D eigenvalue weighted by Crippen LogP contribution is -2.02. The molecule has 1 atom stereocenters. The normalized spacial score (nSPS) is 13.7. The molecule has 0 saturated heterocycles. The van der Waals surface area contributed by atoms with Crippen molar-refractivity contribution in [3.8, 4) is 0 Å². The molecule has 22 heavy (non-hydrogen) atoms. The fourth-order valence-corrected chi connectivity index (χ4v) is 3.83. The van der Waals surface area contributed by atoms with Gasteiger partial charge in [0.1, 0.15) is 0 Å². The van der Waals surface area contributed by atoms with E-state index in [1.165, 1.54) is 32.3 Å². The summed E-state index contributed by atoms with van der Waals surface area (Å²) in [6.45, 7) is 2.26. The molecule has 2 heteroatoms. The lowest BCUT2D eigenvalue weighted by atomic mass is 9.93. The first kappa shape index (κ1) is 13.5. The van der Waals surface area contributed by atoms with Gasteiger partial charge in [0.25, 0.3) is 0 Å². The smallest absolute Gasteiger partial charge is 0.0529 e. The van der Waals surface area contributed by atoms with E-state index in [9.17, 15) is 0 Å². The van der Waals surface area contributed by atoms with Crippen LogP contribution in [0.2, 0.25) is 0 Å². The molecule has 3 aromatic carbocycles. The molecule has 0 bridgehead atoms. The molecule has 1 heterocycles. The zero-order valence-corrected chi connectivity index (χ0v) is 13.2. The monoisotopic (exact) mass is 303 g/mol. The predicted octanol–water partition coefficient (Wildman–Crippen LogP) is 6.05. The Kier molecular flexibility index (Phi) is 3.39. The Morgan fingerprint density at radius 1 is 0.727 bits per heavy atom. The lowest BCUT2D eigenvalue weighted by Gasteiger charge is -2.22. The molecular weight excluding hydrogens is 286 g/mol. The van der Waals surface area contributed by atoms with E-state index < -0.39 is 0 Å². The number of para-hydroxylation sites is 1. The summed E-state index contributed by atoms with van der Waals surface area (Å²) in [6, 6.07) is 25.9. The first-order valence-electron chi connectivity index (χ1n) is 7.54. The van der Waals surface area contributed by atoms with Gasteiger partial charge in [-0.1, -0.05) is 67.2 Å². The van der Waals surface area contributed by atoms with Crippen LogP contribution in [0.5, 0.6) is 0 Å². The zero-order valence-electron chi connectivity index (χ0n) is 12.4. The van der Waals surface area contributed by atoms with Crippen molar-refractivity contribution in [3.63, 3.8) is 0 Å². The van der Waals surface area contributed by atoms with Crippen molar-refractivity contribution in [3.05, 3.63) is 83.9 Å². The second kappa shape index (κ2) is 5.54. The number of fused-ring (bicyclic) bond motifs is 2. The highest BCUT2D eigenvalue weighted by Crippen LogP contribution is 2.45. The highest BCUT2D eigenvalue weighted by molar-refractivity contribution is 7.99. The van der Waals surface area contributed by atoms with Crippen LogP contribution in [0.25, 0.3) is 0 Å². The SMILES string of the molecule is CC(c1ccccc1)c1ccc2c(c1)Nc1ccccc1S2. The van der Waals surface area contributed by atoms with Crippen molar-refractivity contribution in [2.75, 3.05) is 5.32 Å². The van der Waals surface area contributed by atoms with Gasteiger partial charge in [0, 0.05) is 15.7 Å². The Bertz CT molecular complexity index is 811. The van der Waals surface area contributed by atoms with Crippen LogP contribution in [0, 0.1) is 0 Å². The quantitative estimate of drug-likeness (QED) is 0.484. The fraction of sp³-hybridized carbons (Fsp3) is 0.100. The Balaban J connectivity index is 1.69. The third-order valence-electron chi connectivity index (χ3n) is 4.18. The lowest BCUT2D eigenvalue weighted by molar-refractivity contribution is 0.920. The van der Waals surface area contributed by atoms with Crippen molar-refractivity contribution in [2.45, 2.75) is 22.6 Å². The van der Waals surface area contributed by atoms with Gasteiger partial charge >= 0.3 is 0 Å². The first-order chi connectivity index (χ1) is 10.8. The van der Waals surface area contributed by atoms with Crippen LogP contribution in [-0.4, -0.2) is 0 Å². The molecule has 108 valence electrons. The van der Waals surface area contributed by atoms with Crippen molar-refractivity contribution >= 4 is 23.1 Å². The first-order valence-corrected chi connectivity index (χ1v) is 8.36. The second-order valence-electron chi connectivity index (χ2n) is 5.61. The maximum Gasteiger partial charge on any atom is 0.0529 e. The third kappa shape index (κ3) is 2.40. The van der Waals surface area contributed by atoms with Gasteiger partial charge in [-0.15, -0.1) is 0 Å². The molecule has 3 aromatic rings. The van der Waals surface area contributed by atoms with Crippen LogP contribution in [0.3, 0.4) is 0 Å². The summed E-state index contributed by atoms with van der Waals surface area (Å²) in [7, 11) is 0. The third-order valence-corrected chi connectivity index (χ3v) is 5.33. The number of anilines is 2. The number of benzene rings is 3. The van der Waals surface area contributed by atoms with Crippen molar-refractivity contribution < 1.29 is 0 Å². The molecule has 1 unspecified atom stereocenters. The van der Waals surface area contributed by atoms with Gasteiger partial charge in [-0.05, 0) is 35.4 Å². The van der Waals surface area contributed by atoms with Crippen LogP contribution < -0.4 is 5.32 Å². The molecule has 0 fully saturated rings. The summed E-state index contributed by atoms with van der Waals surface area (Å²) in [6.07, 6.45) is 0. The summed E-state index contributed by atoms with van der Waals surface area (Å²) in [5, 5.41) is 3.57. The highest BCUT2D eigenvalue weighted by Gasteiger charge is 2.17. The molecule has 0 aromatic heterocycles. The molecule has 0 amide bonds. The van der Waals surface area contributed by atoms with Gasteiger partial charge in [0.05, 0.1) is 11.4 Å². The molecule has 0 spiro atoms.